The number of hydrogen-bond donors (Lipinski definition) is 2. The van der Waals surface area contributed by atoms with E-state index in [0.29, 0.717) is 51.2 Å². The van der Waals surface area contributed by atoms with E-state index >= 15 is 0 Å². The summed E-state index contributed by atoms with van der Waals surface area (Å²) >= 11 is 12.9. The van der Waals surface area contributed by atoms with Crippen molar-refractivity contribution in [3.05, 3.63) is 69.6 Å². The predicted molar refractivity (Wildman–Crippen MR) is 149 cm³/mol. The standard InChI is InChI=1S/C27H30Cl2N6O3/c1-5-35-16(2)17(12-31-35)14-34(4)27(37)25-22-10-18(28)6-9-24(22)32-26(33-25)21-8-7-20(11-23(21)29)38-15-19(36)13-30-3/h6-12,19,30,36H,5,13-15H2,1-4H3. The number of aliphatic hydroxyl groups is 1. The van der Waals surface area contributed by atoms with Gasteiger partial charge in [-0.2, -0.15) is 5.10 Å². The molecule has 1 atom stereocenters. The fourth-order valence-corrected chi connectivity index (χ4v) is 4.53. The highest BCUT2D eigenvalue weighted by Gasteiger charge is 2.22. The third kappa shape index (κ3) is 6.07. The molecule has 200 valence electrons. The van der Waals surface area contributed by atoms with E-state index in [2.05, 4.69) is 20.4 Å². The molecule has 1 unspecified atom stereocenters. The van der Waals surface area contributed by atoms with Gasteiger partial charge in [-0.05, 0) is 57.3 Å². The number of rotatable bonds is 10. The zero-order valence-electron chi connectivity index (χ0n) is 21.7. The Balaban J connectivity index is 1.68. The molecule has 2 aromatic heterocycles. The number of aryl methyl sites for hydroxylation is 1. The molecule has 11 heteroatoms. The molecule has 4 rings (SSSR count). The summed E-state index contributed by atoms with van der Waals surface area (Å²) in [4.78, 5) is 24.6. The number of ether oxygens (including phenoxy) is 1. The highest BCUT2D eigenvalue weighted by Crippen LogP contribution is 2.32. The highest BCUT2D eigenvalue weighted by molar-refractivity contribution is 6.33. The molecule has 9 nitrogen and oxygen atoms in total. The van der Waals surface area contributed by atoms with Crippen LogP contribution in [0.15, 0.2) is 42.6 Å². The largest absolute Gasteiger partial charge is 0.491 e. The molecule has 0 spiro atoms. The van der Waals surface area contributed by atoms with Crippen LogP contribution in [-0.4, -0.2) is 69.0 Å². The summed E-state index contributed by atoms with van der Waals surface area (Å²) in [7, 11) is 3.48. The number of carbonyl (C=O) groups excluding carboxylic acids is 1. The van der Waals surface area contributed by atoms with Crippen LogP contribution >= 0.6 is 23.2 Å². The number of amides is 1. The highest BCUT2D eigenvalue weighted by atomic mass is 35.5. The average molecular weight is 557 g/mol. The van der Waals surface area contributed by atoms with Crippen molar-refractivity contribution in [2.75, 3.05) is 27.2 Å². The number of halogens is 2. The van der Waals surface area contributed by atoms with Crippen LogP contribution in [0.2, 0.25) is 10.0 Å². The van der Waals surface area contributed by atoms with E-state index in [4.69, 9.17) is 27.9 Å². The minimum absolute atomic E-state index is 0.116. The lowest BCUT2D eigenvalue weighted by atomic mass is 10.1. The van der Waals surface area contributed by atoms with Crippen molar-refractivity contribution in [2.45, 2.75) is 33.0 Å². The molecule has 0 saturated carbocycles. The van der Waals surface area contributed by atoms with E-state index in [1.165, 1.54) is 0 Å². The molecule has 2 heterocycles. The maximum absolute atomic E-state index is 13.7. The maximum atomic E-state index is 13.7. The van der Waals surface area contributed by atoms with Crippen LogP contribution < -0.4 is 10.1 Å². The Bertz CT molecular complexity index is 1460. The number of aliphatic hydroxyl groups excluding tert-OH is 1. The van der Waals surface area contributed by atoms with Gasteiger partial charge in [-0.15, -0.1) is 0 Å². The number of hydrogen-bond acceptors (Lipinski definition) is 7. The molecule has 2 aromatic carbocycles. The Morgan fingerprint density at radius 1 is 1.21 bits per heavy atom. The van der Waals surface area contributed by atoms with Crippen LogP contribution in [0, 0.1) is 6.92 Å². The first-order valence-electron chi connectivity index (χ1n) is 12.2. The van der Waals surface area contributed by atoms with Crippen molar-refractivity contribution < 1.29 is 14.6 Å². The quantitative estimate of drug-likeness (QED) is 0.299. The molecule has 0 aliphatic rings. The van der Waals surface area contributed by atoms with Gasteiger partial charge in [0.05, 0.1) is 16.7 Å². The SMILES string of the molecule is CCn1ncc(CN(C)C(=O)c2nc(-c3ccc(OCC(O)CNC)cc3Cl)nc3ccc(Cl)cc23)c1C. The molecule has 38 heavy (non-hydrogen) atoms. The van der Waals surface area contributed by atoms with Gasteiger partial charge in [-0.1, -0.05) is 23.2 Å². The van der Waals surface area contributed by atoms with Crippen molar-refractivity contribution in [3.63, 3.8) is 0 Å². The Labute approximate surface area is 231 Å². The predicted octanol–water partition coefficient (Wildman–Crippen LogP) is 4.36. The fourth-order valence-electron chi connectivity index (χ4n) is 4.11. The number of fused-ring (bicyclic) bond motifs is 1. The summed E-state index contributed by atoms with van der Waals surface area (Å²) in [5.41, 5.74) is 3.30. The van der Waals surface area contributed by atoms with Crippen LogP contribution in [0.3, 0.4) is 0 Å². The lowest BCUT2D eigenvalue weighted by molar-refractivity contribution is 0.0781. The van der Waals surface area contributed by atoms with E-state index in [1.54, 1.807) is 61.6 Å². The monoisotopic (exact) mass is 556 g/mol. The first-order valence-corrected chi connectivity index (χ1v) is 13.0. The minimum Gasteiger partial charge on any atom is -0.491 e. The molecule has 0 fully saturated rings. The summed E-state index contributed by atoms with van der Waals surface area (Å²) < 4.78 is 7.54. The second-order valence-electron chi connectivity index (χ2n) is 8.95. The molecule has 0 aliphatic carbocycles. The van der Waals surface area contributed by atoms with Crippen molar-refractivity contribution in [1.29, 1.82) is 0 Å². The lowest BCUT2D eigenvalue weighted by Gasteiger charge is -2.18. The number of benzene rings is 2. The van der Waals surface area contributed by atoms with Crippen LogP contribution in [0.25, 0.3) is 22.3 Å². The van der Waals surface area contributed by atoms with E-state index in [9.17, 15) is 9.90 Å². The second kappa shape index (κ2) is 12.1. The Morgan fingerprint density at radius 3 is 2.68 bits per heavy atom. The number of nitrogens with one attached hydrogen (secondary N) is 1. The Hall–Kier alpha value is -3.24. The summed E-state index contributed by atoms with van der Waals surface area (Å²) in [5.74, 6) is 0.526. The van der Waals surface area contributed by atoms with Gasteiger partial charge in [0, 0.05) is 53.9 Å². The third-order valence-electron chi connectivity index (χ3n) is 6.18. The topological polar surface area (TPSA) is 105 Å². The Morgan fingerprint density at radius 2 is 2.00 bits per heavy atom. The summed E-state index contributed by atoms with van der Waals surface area (Å²) in [6, 6.07) is 10.3. The van der Waals surface area contributed by atoms with E-state index in [1.807, 2.05) is 18.5 Å². The summed E-state index contributed by atoms with van der Waals surface area (Å²) in [6.07, 6.45) is 1.13. The van der Waals surface area contributed by atoms with Crippen molar-refractivity contribution >= 4 is 40.0 Å². The van der Waals surface area contributed by atoms with Crippen molar-refractivity contribution in [2.24, 2.45) is 0 Å². The molecule has 0 bridgehead atoms. The van der Waals surface area contributed by atoms with E-state index in [0.717, 1.165) is 17.8 Å². The van der Waals surface area contributed by atoms with Crippen LogP contribution in [0.4, 0.5) is 0 Å². The first kappa shape index (κ1) is 27.8. The zero-order valence-corrected chi connectivity index (χ0v) is 23.2. The molecule has 2 N–H and O–H groups in total. The van der Waals surface area contributed by atoms with Gasteiger partial charge in [0.25, 0.3) is 5.91 Å². The smallest absolute Gasteiger partial charge is 0.273 e. The van der Waals surface area contributed by atoms with E-state index < -0.39 is 6.10 Å². The number of likely N-dealkylation sites (N-methyl/N-ethyl adjacent to an activating group) is 1. The van der Waals surface area contributed by atoms with Crippen LogP contribution in [0.1, 0.15) is 28.7 Å². The molecule has 0 radical (unpaired) electrons. The maximum Gasteiger partial charge on any atom is 0.273 e. The van der Waals surface area contributed by atoms with Crippen molar-refractivity contribution in [1.82, 2.24) is 30.0 Å². The lowest BCUT2D eigenvalue weighted by Crippen LogP contribution is -2.29. The first-order chi connectivity index (χ1) is 18.2. The third-order valence-corrected chi connectivity index (χ3v) is 6.73. The molecular formula is C27H30Cl2N6O3. The average Bonchev–Trinajstić information content (AvgIpc) is 3.25. The van der Waals surface area contributed by atoms with Gasteiger partial charge in [0.2, 0.25) is 0 Å². The number of aromatic nitrogens is 4. The van der Waals surface area contributed by atoms with Gasteiger partial charge in [0.15, 0.2) is 5.82 Å². The second-order valence-corrected chi connectivity index (χ2v) is 9.80. The van der Waals surface area contributed by atoms with Gasteiger partial charge >= 0.3 is 0 Å². The molecule has 1 amide bonds. The van der Waals surface area contributed by atoms with Gasteiger partial charge < -0.3 is 20.1 Å². The molecule has 0 aliphatic heterocycles. The summed E-state index contributed by atoms with van der Waals surface area (Å²) in [5, 5.41) is 18.5. The van der Waals surface area contributed by atoms with Crippen LogP contribution in [-0.2, 0) is 13.1 Å². The normalized spacial score (nSPS) is 12.1. The molecule has 0 saturated heterocycles. The Kier molecular flexibility index (Phi) is 8.83. The van der Waals surface area contributed by atoms with E-state index in [-0.39, 0.29) is 18.2 Å². The number of nitrogens with zero attached hydrogens (tertiary/aromatic N) is 5. The molecular weight excluding hydrogens is 527 g/mol. The van der Waals surface area contributed by atoms with Gasteiger partial charge in [-0.3, -0.25) is 9.48 Å². The zero-order chi connectivity index (χ0) is 27.4. The van der Waals surface area contributed by atoms with Crippen LogP contribution in [0.5, 0.6) is 5.75 Å². The summed E-state index contributed by atoms with van der Waals surface area (Å²) in [6.45, 7) is 5.66. The fraction of sp³-hybridized carbons (Fsp3) is 0.333. The minimum atomic E-state index is -0.653. The van der Waals surface area contributed by atoms with Gasteiger partial charge in [-0.25, -0.2) is 9.97 Å². The number of carbonyl (C=O) groups is 1. The van der Waals surface area contributed by atoms with Crippen molar-refractivity contribution in [3.8, 4) is 17.1 Å². The molecule has 4 aromatic rings. The van der Waals surface area contributed by atoms with Gasteiger partial charge in [0.1, 0.15) is 24.2 Å².